The summed E-state index contributed by atoms with van der Waals surface area (Å²) in [6.45, 7) is -0.0602. The summed E-state index contributed by atoms with van der Waals surface area (Å²) in [4.78, 5) is 0. The summed E-state index contributed by atoms with van der Waals surface area (Å²) in [5.41, 5.74) is 9.97. The van der Waals surface area contributed by atoms with E-state index in [0.29, 0.717) is 5.75 Å². The van der Waals surface area contributed by atoms with Gasteiger partial charge in [0.15, 0.2) is 6.61 Å². The molecule has 4 N–H and O–H groups in total. The fourth-order valence-corrected chi connectivity index (χ4v) is 0.863. The molecule has 0 amide bonds. The molecular formula is C10H11N3O2S2. The molecule has 0 aliphatic carbocycles. The Morgan fingerprint density at radius 2 is 1.76 bits per heavy atom. The molecule has 0 aliphatic rings. The van der Waals surface area contributed by atoms with E-state index in [4.69, 9.17) is 21.5 Å². The molecule has 5 nitrogen and oxygen atoms in total. The number of nitriles is 1. The number of rotatable bonds is 2. The van der Waals surface area contributed by atoms with E-state index in [9.17, 15) is 0 Å². The molecule has 1 rings (SSSR count). The molecule has 0 unspecified atom stereocenters. The zero-order chi connectivity index (χ0) is 13.1. The van der Waals surface area contributed by atoms with Crippen LogP contribution in [0.25, 0.3) is 0 Å². The molecule has 0 aliphatic heterocycles. The van der Waals surface area contributed by atoms with Gasteiger partial charge in [-0.3, -0.25) is 0 Å². The number of nitrogens with two attached hydrogens (primary N) is 2. The Labute approximate surface area is 110 Å². The predicted molar refractivity (Wildman–Crippen MR) is 72.2 cm³/mol. The lowest BCUT2D eigenvalue weighted by atomic mass is 10.3. The standard InChI is InChI=1S/C7H7NOS.C3H4N2OS/c8-7(10)9-6-4-2-1-3-5-6;4-1-2-6-3(5)7/h1-5H,(H2,8,10);2H2,(H2,5,7). The van der Waals surface area contributed by atoms with Crippen LogP contribution in [0.15, 0.2) is 30.3 Å². The molecule has 90 valence electrons. The highest BCUT2D eigenvalue weighted by atomic mass is 32.1. The number of hydrogen-bond acceptors (Lipinski definition) is 5. The summed E-state index contributed by atoms with van der Waals surface area (Å²) < 4.78 is 9.26. The first-order valence-electron chi connectivity index (χ1n) is 4.37. The Morgan fingerprint density at radius 1 is 1.18 bits per heavy atom. The maximum Gasteiger partial charge on any atom is 0.259 e. The molecule has 0 bridgehead atoms. The summed E-state index contributed by atoms with van der Waals surface area (Å²) in [6, 6.07) is 10.9. The maximum atomic E-state index is 7.82. The van der Waals surface area contributed by atoms with Gasteiger partial charge in [0.25, 0.3) is 10.3 Å². The van der Waals surface area contributed by atoms with Crippen molar-refractivity contribution in [1.29, 1.82) is 5.26 Å². The van der Waals surface area contributed by atoms with Gasteiger partial charge in [0.2, 0.25) is 0 Å². The van der Waals surface area contributed by atoms with E-state index in [2.05, 4.69) is 29.2 Å². The quantitative estimate of drug-likeness (QED) is 0.776. The van der Waals surface area contributed by atoms with Gasteiger partial charge in [0, 0.05) is 0 Å². The van der Waals surface area contributed by atoms with Crippen LogP contribution in [0.4, 0.5) is 0 Å². The first kappa shape index (κ1) is 15.1. The second-order valence-electron chi connectivity index (χ2n) is 2.50. The summed E-state index contributed by atoms with van der Waals surface area (Å²) >= 11 is 8.80. The Balaban J connectivity index is 0.000000325. The van der Waals surface area contributed by atoms with E-state index in [0.717, 1.165) is 0 Å². The van der Waals surface area contributed by atoms with Crippen molar-refractivity contribution in [1.82, 2.24) is 0 Å². The number of benzene rings is 1. The molecule has 7 heteroatoms. The first-order valence-corrected chi connectivity index (χ1v) is 5.19. The summed E-state index contributed by atoms with van der Waals surface area (Å²) in [5, 5.41) is 7.79. The van der Waals surface area contributed by atoms with Crippen LogP contribution >= 0.6 is 24.4 Å². The topological polar surface area (TPSA) is 94.3 Å². The predicted octanol–water partition coefficient (Wildman–Crippen LogP) is 1.08. The van der Waals surface area contributed by atoms with Crippen LogP contribution in [0, 0.1) is 11.3 Å². The van der Waals surface area contributed by atoms with E-state index in [1.54, 1.807) is 18.2 Å². The van der Waals surface area contributed by atoms with Crippen molar-refractivity contribution in [2.24, 2.45) is 11.5 Å². The van der Waals surface area contributed by atoms with Crippen molar-refractivity contribution in [3.63, 3.8) is 0 Å². The van der Waals surface area contributed by atoms with E-state index >= 15 is 0 Å². The second-order valence-corrected chi connectivity index (χ2v) is 3.30. The Hall–Kier alpha value is -1.91. The highest BCUT2D eigenvalue weighted by molar-refractivity contribution is 7.80. The van der Waals surface area contributed by atoms with Crippen molar-refractivity contribution < 1.29 is 9.47 Å². The zero-order valence-electron chi connectivity index (χ0n) is 8.83. The highest BCUT2D eigenvalue weighted by Gasteiger charge is 1.90. The van der Waals surface area contributed by atoms with Gasteiger partial charge in [0.05, 0.1) is 0 Å². The lowest BCUT2D eigenvalue weighted by Gasteiger charge is -1.99. The molecule has 0 radical (unpaired) electrons. The third-order valence-electron chi connectivity index (χ3n) is 1.24. The van der Waals surface area contributed by atoms with E-state index in [1.165, 1.54) is 0 Å². The second kappa shape index (κ2) is 9.33. The Kier molecular flexibility index (Phi) is 8.28. The monoisotopic (exact) mass is 269 g/mol. The minimum atomic E-state index is -0.0819. The number of thiocarbonyl (C=S) groups is 2. The number of para-hydroxylation sites is 1. The Morgan fingerprint density at radius 3 is 2.12 bits per heavy atom. The molecule has 0 aromatic heterocycles. The van der Waals surface area contributed by atoms with E-state index in [1.807, 2.05) is 18.2 Å². The summed E-state index contributed by atoms with van der Waals surface area (Å²) in [7, 11) is 0. The number of hydrogen-bond donors (Lipinski definition) is 2. The van der Waals surface area contributed by atoms with Crippen molar-refractivity contribution in [3.8, 4) is 11.8 Å². The Bertz CT molecular complexity index is 404. The molecule has 1 aromatic carbocycles. The van der Waals surface area contributed by atoms with Crippen LogP contribution in [0.2, 0.25) is 0 Å². The van der Waals surface area contributed by atoms with Crippen LogP contribution in [-0.4, -0.2) is 17.0 Å². The molecular weight excluding hydrogens is 258 g/mol. The molecule has 0 heterocycles. The highest BCUT2D eigenvalue weighted by Crippen LogP contribution is 2.07. The summed E-state index contributed by atoms with van der Waals surface area (Å²) in [5.74, 6) is 0.676. The average molecular weight is 269 g/mol. The van der Waals surface area contributed by atoms with Gasteiger partial charge >= 0.3 is 0 Å². The van der Waals surface area contributed by atoms with Crippen LogP contribution in [0.5, 0.6) is 5.75 Å². The third kappa shape index (κ3) is 10.4. The SMILES string of the molecule is N#CCOC(N)=S.NC(=S)Oc1ccccc1. The van der Waals surface area contributed by atoms with Crippen LogP contribution in [-0.2, 0) is 4.74 Å². The van der Waals surface area contributed by atoms with Crippen molar-refractivity contribution in [2.45, 2.75) is 0 Å². The number of nitrogens with zero attached hydrogens (tertiary/aromatic N) is 1. The van der Waals surface area contributed by atoms with E-state index < -0.39 is 0 Å². The van der Waals surface area contributed by atoms with Gasteiger partial charge in [-0.1, -0.05) is 18.2 Å². The first-order chi connectivity index (χ1) is 8.06. The lowest BCUT2D eigenvalue weighted by molar-refractivity contribution is 0.360. The molecule has 0 spiro atoms. The lowest BCUT2D eigenvalue weighted by Crippen LogP contribution is -2.15. The van der Waals surface area contributed by atoms with Crippen molar-refractivity contribution in [2.75, 3.05) is 6.61 Å². The van der Waals surface area contributed by atoms with Crippen molar-refractivity contribution >= 4 is 34.8 Å². The minimum Gasteiger partial charge on any atom is -0.456 e. The maximum absolute atomic E-state index is 7.82. The van der Waals surface area contributed by atoms with Crippen LogP contribution < -0.4 is 16.2 Å². The molecule has 0 saturated heterocycles. The minimum absolute atomic E-state index is 0.0474. The van der Waals surface area contributed by atoms with Gasteiger partial charge in [0.1, 0.15) is 11.8 Å². The van der Waals surface area contributed by atoms with Gasteiger partial charge in [-0.25, -0.2) is 0 Å². The smallest absolute Gasteiger partial charge is 0.259 e. The van der Waals surface area contributed by atoms with Gasteiger partial charge in [-0.15, -0.1) is 0 Å². The summed E-state index contributed by atoms with van der Waals surface area (Å²) in [6.07, 6.45) is 0. The largest absolute Gasteiger partial charge is 0.456 e. The average Bonchev–Trinajstić information content (AvgIpc) is 2.27. The van der Waals surface area contributed by atoms with Gasteiger partial charge in [-0.2, -0.15) is 5.26 Å². The van der Waals surface area contributed by atoms with Gasteiger partial charge < -0.3 is 20.9 Å². The molecule has 0 atom stereocenters. The zero-order valence-corrected chi connectivity index (χ0v) is 10.5. The molecule has 0 saturated carbocycles. The normalized spacial score (nSPS) is 7.94. The molecule has 17 heavy (non-hydrogen) atoms. The third-order valence-corrected chi connectivity index (χ3v) is 1.44. The van der Waals surface area contributed by atoms with Gasteiger partial charge in [-0.05, 0) is 36.6 Å². The van der Waals surface area contributed by atoms with E-state index in [-0.39, 0.29) is 17.0 Å². The molecule has 0 fully saturated rings. The van der Waals surface area contributed by atoms with Crippen LogP contribution in [0.1, 0.15) is 0 Å². The number of ether oxygens (including phenoxy) is 2. The van der Waals surface area contributed by atoms with Crippen molar-refractivity contribution in [3.05, 3.63) is 30.3 Å². The fourth-order valence-electron chi connectivity index (χ4n) is 0.708. The fraction of sp³-hybridized carbons (Fsp3) is 0.100. The van der Waals surface area contributed by atoms with Crippen LogP contribution in [0.3, 0.4) is 0 Å². The molecule has 1 aromatic rings.